The first-order valence-electron chi connectivity index (χ1n) is 11.7. The number of nitrogens with one attached hydrogen (secondary N) is 1. The fourth-order valence-electron chi connectivity index (χ4n) is 5.47. The van der Waals surface area contributed by atoms with Gasteiger partial charge in [-0.3, -0.25) is 4.79 Å². The van der Waals surface area contributed by atoms with Crippen molar-refractivity contribution in [3.05, 3.63) is 35.0 Å². The van der Waals surface area contributed by atoms with Gasteiger partial charge in [0, 0.05) is 38.8 Å². The maximum Gasteiger partial charge on any atom is 0.263 e. The number of nitrogens with two attached hydrogens (primary N) is 1. The Bertz CT molecular complexity index is 1190. The Hall–Kier alpha value is -2.78. The number of carbonyl (C=O) groups is 1. The summed E-state index contributed by atoms with van der Waals surface area (Å²) < 4.78 is 0.960. The van der Waals surface area contributed by atoms with Crippen LogP contribution in [-0.2, 0) is 0 Å². The maximum atomic E-state index is 12.9. The van der Waals surface area contributed by atoms with Crippen LogP contribution in [0.5, 0.6) is 0 Å². The molecule has 0 aromatic carbocycles. The Balaban J connectivity index is 1.26. The molecule has 2 saturated carbocycles. The molecule has 3 aliphatic rings. The molecule has 2 unspecified atom stereocenters. The number of rotatable bonds is 5. The molecule has 2 atom stereocenters. The lowest BCUT2D eigenvalue weighted by molar-refractivity contribution is 0.0831. The summed E-state index contributed by atoms with van der Waals surface area (Å²) >= 11 is 1.51. The molecule has 0 radical (unpaired) electrons. The first kappa shape index (κ1) is 20.8. The zero-order valence-electron chi connectivity index (χ0n) is 19.0. The molecule has 33 heavy (non-hydrogen) atoms. The number of aromatic nitrogens is 3. The minimum atomic E-state index is 0.0483. The first-order chi connectivity index (χ1) is 16.0. The van der Waals surface area contributed by atoms with Crippen molar-refractivity contribution in [2.45, 2.75) is 37.6 Å². The summed E-state index contributed by atoms with van der Waals surface area (Å²) in [6.45, 7) is 2.05. The topological polar surface area (TPSA) is 100 Å². The van der Waals surface area contributed by atoms with Crippen molar-refractivity contribution < 1.29 is 4.79 Å². The van der Waals surface area contributed by atoms with Crippen LogP contribution < -0.4 is 16.0 Å². The lowest BCUT2D eigenvalue weighted by atomic mass is 9.96. The van der Waals surface area contributed by atoms with Crippen LogP contribution in [0.3, 0.4) is 0 Å². The fraction of sp³-hybridized carbons (Fsp3) is 0.500. The predicted molar refractivity (Wildman–Crippen MR) is 131 cm³/mol. The van der Waals surface area contributed by atoms with E-state index in [1.54, 1.807) is 19.0 Å². The van der Waals surface area contributed by atoms with Crippen LogP contribution in [0, 0.1) is 11.8 Å². The highest BCUT2D eigenvalue weighted by Gasteiger charge is 2.53. The summed E-state index contributed by atoms with van der Waals surface area (Å²) in [5, 5.41) is 3.25. The molecule has 0 spiro atoms. The highest BCUT2D eigenvalue weighted by atomic mass is 32.1. The van der Waals surface area contributed by atoms with Gasteiger partial charge in [-0.05, 0) is 42.7 Å². The van der Waals surface area contributed by atoms with Crippen LogP contribution >= 0.6 is 11.3 Å². The molecular formula is C24H29N7OS. The van der Waals surface area contributed by atoms with E-state index in [0.29, 0.717) is 35.6 Å². The number of piperidine rings is 1. The number of amides is 1. The van der Waals surface area contributed by atoms with Gasteiger partial charge in [0.25, 0.3) is 5.91 Å². The molecule has 3 aromatic heterocycles. The van der Waals surface area contributed by atoms with Crippen LogP contribution in [0.1, 0.15) is 46.8 Å². The SMILES string of the molecule is CN(C)C(=O)c1sc2cnc(Nc3ccc(N4CC5C(N)C5C4)cn3)nc2c1C1CCCC1. The number of anilines is 3. The number of nitrogens with zero attached hydrogens (tertiary/aromatic N) is 5. The monoisotopic (exact) mass is 463 g/mol. The molecule has 1 saturated heterocycles. The third kappa shape index (κ3) is 3.63. The van der Waals surface area contributed by atoms with Gasteiger partial charge >= 0.3 is 0 Å². The summed E-state index contributed by atoms with van der Waals surface area (Å²) in [7, 11) is 3.61. The molecule has 1 amide bonds. The van der Waals surface area contributed by atoms with E-state index in [0.717, 1.165) is 52.3 Å². The quantitative estimate of drug-likeness (QED) is 0.596. The van der Waals surface area contributed by atoms with E-state index in [-0.39, 0.29) is 5.91 Å². The molecule has 9 heteroatoms. The van der Waals surface area contributed by atoms with Crippen molar-refractivity contribution in [2.24, 2.45) is 17.6 Å². The highest BCUT2D eigenvalue weighted by Crippen LogP contribution is 2.45. The molecule has 0 bridgehead atoms. The van der Waals surface area contributed by atoms with E-state index >= 15 is 0 Å². The minimum absolute atomic E-state index is 0.0483. The van der Waals surface area contributed by atoms with Crippen molar-refractivity contribution in [1.82, 2.24) is 19.9 Å². The number of hydrogen-bond acceptors (Lipinski definition) is 8. The third-order valence-corrected chi connectivity index (χ3v) is 8.56. The summed E-state index contributed by atoms with van der Waals surface area (Å²) in [4.78, 5) is 31.7. The second-order valence-corrected chi connectivity index (χ2v) is 10.8. The molecule has 3 aromatic rings. The van der Waals surface area contributed by atoms with E-state index in [9.17, 15) is 4.79 Å². The van der Waals surface area contributed by atoms with Gasteiger partial charge in [0.05, 0.1) is 33.2 Å². The molecular weight excluding hydrogens is 434 g/mol. The largest absolute Gasteiger partial charge is 0.370 e. The van der Waals surface area contributed by atoms with Gasteiger partial charge < -0.3 is 20.9 Å². The van der Waals surface area contributed by atoms with Gasteiger partial charge in [-0.1, -0.05) is 12.8 Å². The first-order valence-corrected chi connectivity index (χ1v) is 12.6. The fourth-order valence-corrected chi connectivity index (χ4v) is 6.69. The summed E-state index contributed by atoms with van der Waals surface area (Å²) in [5.74, 6) is 2.95. The molecule has 8 nitrogen and oxygen atoms in total. The smallest absolute Gasteiger partial charge is 0.263 e. The van der Waals surface area contributed by atoms with Crippen molar-refractivity contribution in [3.8, 4) is 0 Å². The average Bonchev–Trinajstić information content (AvgIpc) is 3.34. The van der Waals surface area contributed by atoms with Gasteiger partial charge in [-0.25, -0.2) is 15.0 Å². The summed E-state index contributed by atoms with van der Waals surface area (Å²) in [5.41, 5.74) is 9.19. The van der Waals surface area contributed by atoms with Gasteiger partial charge in [0.15, 0.2) is 0 Å². The van der Waals surface area contributed by atoms with Gasteiger partial charge in [0.2, 0.25) is 5.95 Å². The summed E-state index contributed by atoms with van der Waals surface area (Å²) in [6.07, 6.45) is 8.35. The van der Waals surface area contributed by atoms with E-state index in [1.165, 1.54) is 24.2 Å². The van der Waals surface area contributed by atoms with Crippen molar-refractivity contribution >= 4 is 44.9 Å². The second kappa shape index (κ2) is 7.92. The molecule has 172 valence electrons. The predicted octanol–water partition coefficient (Wildman–Crippen LogP) is 3.58. The maximum absolute atomic E-state index is 12.9. The highest BCUT2D eigenvalue weighted by molar-refractivity contribution is 7.21. The zero-order valence-corrected chi connectivity index (χ0v) is 19.8. The van der Waals surface area contributed by atoms with Crippen molar-refractivity contribution in [2.75, 3.05) is 37.4 Å². The summed E-state index contributed by atoms with van der Waals surface area (Å²) in [6, 6.07) is 4.45. The average molecular weight is 464 g/mol. The van der Waals surface area contributed by atoms with Crippen LogP contribution in [0.2, 0.25) is 0 Å². The van der Waals surface area contributed by atoms with Crippen LogP contribution in [0.4, 0.5) is 17.5 Å². The van der Waals surface area contributed by atoms with Crippen LogP contribution in [-0.4, -0.2) is 59.0 Å². The van der Waals surface area contributed by atoms with Gasteiger partial charge in [-0.2, -0.15) is 0 Å². The number of carbonyl (C=O) groups excluding carboxylic acids is 1. The minimum Gasteiger partial charge on any atom is -0.370 e. The second-order valence-electron chi connectivity index (χ2n) is 9.77. The number of fused-ring (bicyclic) bond motifs is 2. The van der Waals surface area contributed by atoms with Crippen LogP contribution in [0.25, 0.3) is 10.2 Å². The zero-order chi connectivity index (χ0) is 22.7. The third-order valence-electron chi connectivity index (χ3n) is 7.44. The van der Waals surface area contributed by atoms with Crippen LogP contribution in [0.15, 0.2) is 24.5 Å². The molecule has 6 rings (SSSR count). The van der Waals surface area contributed by atoms with E-state index in [4.69, 9.17) is 10.7 Å². The Kier molecular flexibility index (Phi) is 4.99. The Morgan fingerprint density at radius 2 is 1.91 bits per heavy atom. The van der Waals surface area contributed by atoms with Gasteiger partial charge in [0.1, 0.15) is 5.82 Å². The van der Waals surface area contributed by atoms with E-state index in [1.807, 2.05) is 18.5 Å². The van der Waals surface area contributed by atoms with Crippen molar-refractivity contribution in [3.63, 3.8) is 0 Å². The number of pyridine rings is 1. The Labute approximate surface area is 197 Å². The van der Waals surface area contributed by atoms with E-state index in [2.05, 4.69) is 26.3 Å². The molecule has 4 heterocycles. The number of thiophene rings is 1. The molecule has 3 fully saturated rings. The Morgan fingerprint density at radius 1 is 1.15 bits per heavy atom. The van der Waals surface area contributed by atoms with Crippen molar-refractivity contribution in [1.29, 1.82) is 0 Å². The Morgan fingerprint density at radius 3 is 2.58 bits per heavy atom. The normalized spacial score (nSPS) is 24.3. The molecule has 2 aliphatic carbocycles. The van der Waals surface area contributed by atoms with Gasteiger partial charge in [-0.15, -0.1) is 11.3 Å². The lowest BCUT2D eigenvalue weighted by Crippen LogP contribution is -2.27. The van der Waals surface area contributed by atoms with E-state index < -0.39 is 0 Å². The molecule has 3 N–H and O–H groups in total. The molecule has 1 aliphatic heterocycles. The number of hydrogen-bond donors (Lipinski definition) is 2. The lowest BCUT2D eigenvalue weighted by Gasteiger charge is -2.21. The standard InChI is InChI=1S/C24H29N7OS/c1-30(2)23(32)22-19(13-5-3-4-6-13)21-17(33-22)10-27-24(29-21)28-18-8-7-14(9-26-18)31-11-15-16(12-31)20(15)25/h7-10,13,15-16,20H,3-6,11-12,25H2,1-2H3,(H,26,27,28,29).